The minimum atomic E-state index is -3.57. The molecular formula is C23H29N5O3S2. The van der Waals surface area contributed by atoms with Gasteiger partial charge >= 0.3 is 0 Å². The quantitative estimate of drug-likeness (QED) is 0.224. The highest BCUT2D eigenvalue weighted by Gasteiger charge is 2.23. The fourth-order valence-electron chi connectivity index (χ4n) is 3.38. The maximum absolute atomic E-state index is 13.1. The number of nitrogens with zero attached hydrogens (tertiary/aromatic N) is 2. The molecule has 0 amide bonds. The monoisotopic (exact) mass is 487 g/mol. The minimum Gasteiger partial charge on any atom is -0.497 e. The fraction of sp³-hybridized carbons (Fsp3) is 0.304. The van der Waals surface area contributed by atoms with Gasteiger partial charge in [0.1, 0.15) is 5.75 Å². The minimum absolute atomic E-state index is 0.274. The number of aromatic amines is 1. The molecule has 0 radical (unpaired) electrons. The maximum atomic E-state index is 13.1. The molecule has 0 unspecified atom stereocenters. The summed E-state index contributed by atoms with van der Waals surface area (Å²) in [6, 6.07) is 12.5. The Morgan fingerprint density at radius 2 is 1.85 bits per heavy atom. The van der Waals surface area contributed by atoms with Crippen LogP contribution in [0.4, 0.5) is 5.69 Å². The van der Waals surface area contributed by atoms with E-state index >= 15 is 0 Å². The number of anilines is 1. The van der Waals surface area contributed by atoms with Crippen molar-refractivity contribution in [2.24, 2.45) is 5.10 Å². The van der Waals surface area contributed by atoms with Crippen LogP contribution in [0.2, 0.25) is 0 Å². The van der Waals surface area contributed by atoms with E-state index in [0.717, 1.165) is 40.7 Å². The molecule has 0 spiro atoms. The second-order valence-electron chi connectivity index (χ2n) is 7.41. The van der Waals surface area contributed by atoms with E-state index < -0.39 is 10.0 Å². The van der Waals surface area contributed by atoms with Gasteiger partial charge in [-0.3, -0.25) is 5.43 Å². The summed E-state index contributed by atoms with van der Waals surface area (Å²) in [5.74, 6) is 0.755. The number of hydrazone groups is 1. The number of hydrogen-bond acceptors (Lipinski definition) is 5. The van der Waals surface area contributed by atoms with E-state index in [2.05, 4.69) is 20.8 Å². The Labute approximate surface area is 200 Å². The van der Waals surface area contributed by atoms with Crippen molar-refractivity contribution in [2.75, 3.05) is 25.5 Å². The van der Waals surface area contributed by atoms with E-state index in [1.165, 1.54) is 0 Å². The summed E-state index contributed by atoms with van der Waals surface area (Å²) in [5.41, 5.74) is 5.15. The average Bonchev–Trinajstić information content (AvgIpc) is 3.21. The summed E-state index contributed by atoms with van der Waals surface area (Å²) in [4.78, 5) is 3.42. The predicted molar refractivity (Wildman–Crippen MR) is 138 cm³/mol. The van der Waals surface area contributed by atoms with Crippen LogP contribution in [-0.4, -0.2) is 49.2 Å². The number of hydrogen-bond donors (Lipinski definition) is 3. The van der Waals surface area contributed by atoms with Crippen LogP contribution in [0, 0.1) is 0 Å². The van der Waals surface area contributed by atoms with E-state index in [1.54, 1.807) is 42.0 Å². The number of aromatic nitrogens is 1. The van der Waals surface area contributed by atoms with Gasteiger partial charge in [0.25, 0.3) is 0 Å². The smallest absolute Gasteiger partial charge is 0.243 e. The number of sulfonamides is 1. The molecule has 0 aliphatic heterocycles. The molecule has 0 aliphatic carbocycles. The summed E-state index contributed by atoms with van der Waals surface area (Å²) < 4.78 is 33.0. The Morgan fingerprint density at radius 3 is 2.48 bits per heavy atom. The van der Waals surface area contributed by atoms with Crippen molar-refractivity contribution in [3.05, 3.63) is 54.2 Å². The van der Waals surface area contributed by atoms with Gasteiger partial charge in [-0.25, -0.2) is 8.42 Å². The zero-order valence-electron chi connectivity index (χ0n) is 19.0. The molecule has 0 saturated carbocycles. The van der Waals surface area contributed by atoms with Crippen molar-refractivity contribution in [3.8, 4) is 5.75 Å². The van der Waals surface area contributed by atoms with Gasteiger partial charge < -0.3 is 15.0 Å². The summed E-state index contributed by atoms with van der Waals surface area (Å²) in [5, 5.41) is 8.33. The molecule has 3 aromatic rings. The van der Waals surface area contributed by atoms with E-state index in [4.69, 9.17) is 17.0 Å². The summed E-state index contributed by atoms with van der Waals surface area (Å²) in [7, 11) is -1.96. The lowest BCUT2D eigenvalue weighted by Gasteiger charge is -2.21. The Balaban J connectivity index is 1.74. The Kier molecular flexibility index (Phi) is 8.43. The van der Waals surface area contributed by atoms with Gasteiger partial charge in [0.15, 0.2) is 5.11 Å². The molecule has 8 nitrogen and oxygen atoms in total. The number of H-pyrrole nitrogens is 1. The average molecular weight is 488 g/mol. The molecule has 0 fully saturated rings. The molecule has 0 bridgehead atoms. The first-order valence-corrected chi connectivity index (χ1v) is 12.6. The van der Waals surface area contributed by atoms with Gasteiger partial charge in [0.05, 0.1) is 18.2 Å². The van der Waals surface area contributed by atoms with E-state index in [9.17, 15) is 8.42 Å². The molecule has 176 valence electrons. The van der Waals surface area contributed by atoms with Gasteiger partial charge in [-0.1, -0.05) is 13.8 Å². The van der Waals surface area contributed by atoms with Gasteiger partial charge in [-0.05, 0) is 67.5 Å². The van der Waals surface area contributed by atoms with Crippen molar-refractivity contribution in [1.82, 2.24) is 14.7 Å². The van der Waals surface area contributed by atoms with Gasteiger partial charge in [0.2, 0.25) is 10.0 Å². The van der Waals surface area contributed by atoms with Gasteiger partial charge in [-0.15, -0.1) is 0 Å². The van der Waals surface area contributed by atoms with Crippen LogP contribution in [0.15, 0.2) is 58.7 Å². The van der Waals surface area contributed by atoms with E-state index in [1.807, 2.05) is 38.1 Å². The number of nitrogens with one attached hydrogen (secondary N) is 3. The maximum Gasteiger partial charge on any atom is 0.243 e. The zero-order chi connectivity index (χ0) is 23.8. The van der Waals surface area contributed by atoms with Crippen molar-refractivity contribution >= 4 is 50.2 Å². The van der Waals surface area contributed by atoms with E-state index in [-0.39, 0.29) is 4.90 Å². The molecule has 3 rings (SSSR count). The third-order valence-electron chi connectivity index (χ3n) is 4.99. The van der Waals surface area contributed by atoms with Crippen LogP contribution in [-0.2, 0) is 10.0 Å². The number of methoxy groups -OCH3 is 1. The molecule has 2 aromatic carbocycles. The van der Waals surface area contributed by atoms with Crippen LogP contribution in [0.1, 0.15) is 32.3 Å². The largest absolute Gasteiger partial charge is 0.497 e. The highest BCUT2D eigenvalue weighted by molar-refractivity contribution is 7.89. The number of ether oxygens (including phenoxy) is 1. The summed E-state index contributed by atoms with van der Waals surface area (Å²) in [6.07, 6.45) is 4.91. The lowest BCUT2D eigenvalue weighted by Crippen LogP contribution is -2.32. The van der Waals surface area contributed by atoms with Crippen LogP contribution < -0.4 is 15.5 Å². The Hall–Kier alpha value is -2.95. The number of thiocarbonyl (C=S) groups is 1. The lowest BCUT2D eigenvalue weighted by molar-refractivity contribution is 0.410. The van der Waals surface area contributed by atoms with Crippen molar-refractivity contribution in [2.45, 2.75) is 31.6 Å². The molecule has 3 N–H and O–H groups in total. The summed E-state index contributed by atoms with van der Waals surface area (Å²) >= 11 is 5.28. The number of benzene rings is 2. The topological polar surface area (TPSA) is 98.8 Å². The van der Waals surface area contributed by atoms with Crippen molar-refractivity contribution in [3.63, 3.8) is 0 Å². The normalized spacial score (nSPS) is 11.9. The number of fused-ring (bicyclic) bond motifs is 1. The van der Waals surface area contributed by atoms with Crippen LogP contribution >= 0.6 is 12.2 Å². The molecule has 1 aromatic heterocycles. The zero-order valence-corrected chi connectivity index (χ0v) is 20.6. The molecule has 33 heavy (non-hydrogen) atoms. The SMILES string of the molecule is CCCN(CCC)S(=O)(=O)c1ccc2[nH]cc(/C=N/NC(=S)Nc3ccc(OC)cc3)c2c1. The molecular weight excluding hydrogens is 458 g/mol. The predicted octanol–water partition coefficient (Wildman–Crippen LogP) is 4.31. The molecule has 1 heterocycles. The standard InChI is InChI=1S/C23H29N5O3S2/c1-4-12-28(13-5-2)33(29,30)20-10-11-22-21(14-20)17(15-24-22)16-25-27-23(32)26-18-6-8-19(31-3)9-7-18/h6-11,14-16,24H,4-5,12-13H2,1-3H3,(H2,26,27,32)/b25-16+. The highest BCUT2D eigenvalue weighted by Crippen LogP contribution is 2.24. The highest BCUT2D eigenvalue weighted by atomic mass is 32.2. The first-order valence-electron chi connectivity index (χ1n) is 10.7. The Morgan fingerprint density at radius 1 is 1.15 bits per heavy atom. The first kappa shape index (κ1) is 24.7. The third kappa shape index (κ3) is 6.10. The lowest BCUT2D eigenvalue weighted by atomic mass is 10.2. The molecule has 0 saturated heterocycles. The third-order valence-corrected chi connectivity index (χ3v) is 7.07. The van der Waals surface area contributed by atoms with Crippen LogP contribution in [0.25, 0.3) is 10.9 Å². The second-order valence-corrected chi connectivity index (χ2v) is 9.75. The van der Waals surface area contributed by atoms with Crippen LogP contribution in [0.5, 0.6) is 5.75 Å². The van der Waals surface area contributed by atoms with Crippen molar-refractivity contribution in [1.29, 1.82) is 0 Å². The molecule has 0 atom stereocenters. The van der Waals surface area contributed by atoms with Gasteiger partial charge in [-0.2, -0.15) is 9.41 Å². The van der Waals surface area contributed by atoms with Crippen molar-refractivity contribution < 1.29 is 13.2 Å². The van der Waals surface area contributed by atoms with E-state index in [0.29, 0.717) is 18.2 Å². The number of rotatable bonds is 10. The first-order chi connectivity index (χ1) is 15.9. The van der Waals surface area contributed by atoms with Gasteiger partial charge in [0, 0.05) is 41.4 Å². The van der Waals surface area contributed by atoms with Crippen LogP contribution in [0.3, 0.4) is 0 Å². The Bertz CT molecular complexity index is 1210. The summed E-state index contributed by atoms with van der Waals surface area (Å²) in [6.45, 7) is 4.95. The fourth-order valence-corrected chi connectivity index (χ4v) is 5.20. The molecule has 0 aliphatic rings. The molecule has 10 heteroatoms. The second kappa shape index (κ2) is 11.3.